The Morgan fingerprint density at radius 1 is 1.45 bits per heavy atom. The zero-order valence-corrected chi connectivity index (χ0v) is 12.0. The van der Waals surface area contributed by atoms with Gasteiger partial charge in [0.1, 0.15) is 0 Å². The van der Waals surface area contributed by atoms with Crippen LogP contribution in [0.2, 0.25) is 0 Å². The SMILES string of the molecule is CCCOc1cc(NC(CCO)COC)c(N)cc1F. The fourth-order valence-electron chi connectivity index (χ4n) is 1.79. The predicted octanol–water partition coefficient (Wildman–Crippen LogP) is 2.01. The Bertz CT molecular complexity index is 410. The lowest BCUT2D eigenvalue weighted by Crippen LogP contribution is -2.26. The van der Waals surface area contributed by atoms with Crippen LogP contribution in [0.15, 0.2) is 12.1 Å². The summed E-state index contributed by atoms with van der Waals surface area (Å²) in [6.07, 6.45) is 1.30. The molecule has 20 heavy (non-hydrogen) atoms. The number of hydrogen-bond donors (Lipinski definition) is 3. The maximum atomic E-state index is 13.7. The molecule has 0 saturated heterocycles. The Morgan fingerprint density at radius 3 is 2.80 bits per heavy atom. The van der Waals surface area contributed by atoms with Crippen molar-refractivity contribution < 1.29 is 19.0 Å². The molecule has 0 aromatic heterocycles. The molecule has 6 heteroatoms. The van der Waals surface area contributed by atoms with E-state index in [9.17, 15) is 4.39 Å². The minimum absolute atomic E-state index is 0.0291. The first-order chi connectivity index (χ1) is 9.62. The third-order valence-corrected chi connectivity index (χ3v) is 2.77. The number of anilines is 2. The summed E-state index contributed by atoms with van der Waals surface area (Å²) in [4.78, 5) is 0. The molecule has 0 bridgehead atoms. The number of hydrogen-bond acceptors (Lipinski definition) is 5. The van der Waals surface area contributed by atoms with Crippen LogP contribution >= 0.6 is 0 Å². The Kier molecular flexibility index (Phi) is 7.11. The smallest absolute Gasteiger partial charge is 0.167 e. The first-order valence-electron chi connectivity index (χ1n) is 6.70. The largest absolute Gasteiger partial charge is 0.490 e. The molecule has 1 unspecified atom stereocenters. The molecule has 0 fully saturated rings. The second-order valence-corrected chi connectivity index (χ2v) is 4.53. The lowest BCUT2D eigenvalue weighted by molar-refractivity contribution is 0.170. The van der Waals surface area contributed by atoms with Crippen LogP contribution in [0.4, 0.5) is 15.8 Å². The van der Waals surface area contributed by atoms with E-state index in [2.05, 4.69) is 5.32 Å². The van der Waals surface area contributed by atoms with E-state index in [-0.39, 0.29) is 18.4 Å². The van der Waals surface area contributed by atoms with Gasteiger partial charge in [-0.15, -0.1) is 0 Å². The van der Waals surface area contributed by atoms with Crippen LogP contribution in [0.3, 0.4) is 0 Å². The van der Waals surface area contributed by atoms with E-state index >= 15 is 0 Å². The number of nitrogens with one attached hydrogen (secondary N) is 1. The lowest BCUT2D eigenvalue weighted by Gasteiger charge is -2.20. The molecule has 0 aliphatic heterocycles. The van der Waals surface area contributed by atoms with E-state index in [4.69, 9.17) is 20.3 Å². The molecule has 4 N–H and O–H groups in total. The van der Waals surface area contributed by atoms with E-state index in [1.807, 2.05) is 6.92 Å². The predicted molar refractivity (Wildman–Crippen MR) is 77.6 cm³/mol. The Hall–Kier alpha value is -1.53. The first-order valence-corrected chi connectivity index (χ1v) is 6.70. The number of aliphatic hydroxyl groups excluding tert-OH is 1. The van der Waals surface area contributed by atoms with E-state index in [0.29, 0.717) is 31.0 Å². The summed E-state index contributed by atoms with van der Waals surface area (Å²) in [5.74, 6) is -0.310. The summed E-state index contributed by atoms with van der Waals surface area (Å²) < 4.78 is 24.1. The third kappa shape index (κ3) is 4.86. The van der Waals surface area contributed by atoms with Crippen molar-refractivity contribution >= 4 is 11.4 Å². The second kappa shape index (κ2) is 8.60. The lowest BCUT2D eigenvalue weighted by atomic mass is 10.2. The van der Waals surface area contributed by atoms with Crippen LogP contribution in [0.25, 0.3) is 0 Å². The molecule has 1 aromatic carbocycles. The van der Waals surface area contributed by atoms with Crippen LogP contribution in [-0.2, 0) is 4.74 Å². The van der Waals surface area contributed by atoms with Crippen molar-refractivity contribution in [2.75, 3.05) is 38.0 Å². The summed E-state index contributed by atoms with van der Waals surface area (Å²) in [6.45, 7) is 2.84. The van der Waals surface area contributed by atoms with Crippen molar-refractivity contribution in [3.63, 3.8) is 0 Å². The molecule has 0 saturated carbocycles. The Morgan fingerprint density at radius 2 is 2.20 bits per heavy atom. The molecule has 0 radical (unpaired) electrons. The van der Waals surface area contributed by atoms with Gasteiger partial charge in [-0.25, -0.2) is 4.39 Å². The maximum absolute atomic E-state index is 13.7. The number of ether oxygens (including phenoxy) is 2. The fraction of sp³-hybridized carbons (Fsp3) is 0.571. The topological polar surface area (TPSA) is 76.7 Å². The van der Waals surface area contributed by atoms with Crippen molar-refractivity contribution in [3.05, 3.63) is 17.9 Å². The normalized spacial score (nSPS) is 12.2. The Labute approximate surface area is 118 Å². The van der Waals surface area contributed by atoms with Gasteiger partial charge in [-0.2, -0.15) is 0 Å². The van der Waals surface area contributed by atoms with Crippen LogP contribution in [-0.4, -0.2) is 38.1 Å². The number of methoxy groups -OCH3 is 1. The molecule has 5 nitrogen and oxygen atoms in total. The highest BCUT2D eigenvalue weighted by Gasteiger charge is 2.13. The first kappa shape index (κ1) is 16.5. The molecule has 0 spiro atoms. The third-order valence-electron chi connectivity index (χ3n) is 2.77. The molecule has 114 valence electrons. The van der Waals surface area contributed by atoms with Crippen molar-refractivity contribution in [1.29, 1.82) is 0 Å². The molecule has 1 aromatic rings. The number of halogens is 1. The molecule has 0 heterocycles. The van der Waals surface area contributed by atoms with Crippen LogP contribution < -0.4 is 15.8 Å². The molecule has 0 amide bonds. The number of nitrogen functional groups attached to an aromatic ring is 1. The van der Waals surface area contributed by atoms with E-state index in [1.165, 1.54) is 6.07 Å². The molecule has 0 aliphatic rings. The van der Waals surface area contributed by atoms with E-state index < -0.39 is 5.82 Å². The minimum Gasteiger partial charge on any atom is -0.490 e. The maximum Gasteiger partial charge on any atom is 0.167 e. The fourth-order valence-corrected chi connectivity index (χ4v) is 1.79. The van der Waals surface area contributed by atoms with E-state index in [1.54, 1.807) is 13.2 Å². The van der Waals surface area contributed by atoms with Crippen LogP contribution in [0.5, 0.6) is 5.75 Å². The van der Waals surface area contributed by atoms with Crippen molar-refractivity contribution in [1.82, 2.24) is 0 Å². The zero-order valence-electron chi connectivity index (χ0n) is 12.0. The second-order valence-electron chi connectivity index (χ2n) is 4.53. The monoisotopic (exact) mass is 286 g/mol. The summed E-state index contributed by atoms with van der Waals surface area (Å²) >= 11 is 0. The highest BCUT2D eigenvalue weighted by Crippen LogP contribution is 2.29. The standard InChI is InChI=1S/C14H23FN2O3/c1-3-6-20-14-8-13(12(16)7-11(14)15)17-10(4-5-18)9-19-2/h7-8,10,17-18H,3-6,9,16H2,1-2H3. The molecule has 1 atom stereocenters. The van der Waals surface area contributed by atoms with Gasteiger partial charge < -0.3 is 25.6 Å². The van der Waals surface area contributed by atoms with Gasteiger partial charge in [-0.3, -0.25) is 0 Å². The number of aliphatic hydroxyl groups is 1. The van der Waals surface area contributed by atoms with Crippen LogP contribution in [0.1, 0.15) is 19.8 Å². The average molecular weight is 286 g/mol. The molecular formula is C14H23FN2O3. The molecule has 0 aliphatic carbocycles. The summed E-state index contributed by atoms with van der Waals surface area (Å²) in [6, 6.07) is 2.67. The number of rotatable bonds is 9. The zero-order chi connectivity index (χ0) is 15.0. The van der Waals surface area contributed by atoms with Gasteiger partial charge in [0.2, 0.25) is 0 Å². The molecular weight excluding hydrogens is 263 g/mol. The van der Waals surface area contributed by atoms with Crippen molar-refractivity contribution in [2.45, 2.75) is 25.8 Å². The summed E-state index contributed by atoms with van der Waals surface area (Å²) in [5, 5.41) is 12.2. The average Bonchev–Trinajstić information content (AvgIpc) is 2.41. The van der Waals surface area contributed by atoms with Gasteiger partial charge in [0.05, 0.1) is 30.6 Å². The van der Waals surface area contributed by atoms with Gasteiger partial charge in [-0.05, 0) is 12.8 Å². The van der Waals surface area contributed by atoms with Gasteiger partial charge in [0.15, 0.2) is 11.6 Å². The minimum atomic E-state index is -0.480. The van der Waals surface area contributed by atoms with E-state index in [0.717, 1.165) is 6.42 Å². The van der Waals surface area contributed by atoms with Gasteiger partial charge in [-0.1, -0.05) is 6.92 Å². The van der Waals surface area contributed by atoms with Crippen LogP contribution in [0, 0.1) is 5.82 Å². The van der Waals surface area contributed by atoms with Crippen molar-refractivity contribution in [2.24, 2.45) is 0 Å². The molecule has 1 rings (SSSR count). The van der Waals surface area contributed by atoms with Crippen molar-refractivity contribution in [3.8, 4) is 5.75 Å². The van der Waals surface area contributed by atoms with Gasteiger partial charge in [0, 0.05) is 25.8 Å². The quantitative estimate of drug-likeness (QED) is 0.605. The summed E-state index contributed by atoms with van der Waals surface area (Å²) in [7, 11) is 1.58. The van der Waals surface area contributed by atoms with Gasteiger partial charge in [0.25, 0.3) is 0 Å². The number of nitrogens with two attached hydrogens (primary N) is 1. The number of benzene rings is 1. The summed E-state index contributed by atoms with van der Waals surface area (Å²) in [5.41, 5.74) is 6.67. The highest BCUT2D eigenvalue weighted by molar-refractivity contribution is 5.69. The Balaban J connectivity index is 2.86. The highest BCUT2D eigenvalue weighted by atomic mass is 19.1. The van der Waals surface area contributed by atoms with Gasteiger partial charge >= 0.3 is 0 Å².